The Kier molecular flexibility index (Phi) is 9.80. The van der Waals surface area contributed by atoms with E-state index >= 15 is 0 Å². The molecule has 2 heterocycles. The number of allylic oxidation sites excluding steroid dienone is 1. The molecule has 37 heavy (non-hydrogen) atoms. The van der Waals surface area contributed by atoms with Gasteiger partial charge in [-0.3, -0.25) is 0 Å². The van der Waals surface area contributed by atoms with Crippen molar-refractivity contribution >= 4 is 27.3 Å². The standard InChI is InChI=1S/C22H31F3N6O4S2/c1-4-6-7-10-31-14(3)8-9-15-11-16(17(12-18(15)31)30-37(33,34)22(23,24)25)27-26-13-19-28-29-20(36-19)21(32)35-5-2/h11-12,14,16-17,30H,4-10,13H2,1-3H3. The molecule has 2 aliphatic rings. The molecule has 3 atom stereocenters. The second-order valence-corrected chi connectivity index (χ2v) is 11.5. The molecule has 0 saturated carbocycles. The number of fused-ring (bicyclic) bond motifs is 1. The Balaban J connectivity index is 1.84. The van der Waals surface area contributed by atoms with Crippen molar-refractivity contribution in [3.05, 3.63) is 33.4 Å². The summed E-state index contributed by atoms with van der Waals surface area (Å²) in [5.74, 6) is -0.616. The third-order valence-electron chi connectivity index (χ3n) is 6.02. The molecule has 1 N–H and O–H groups in total. The molecule has 1 aromatic heterocycles. The van der Waals surface area contributed by atoms with Crippen molar-refractivity contribution in [2.75, 3.05) is 13.2 Å². The van der Waals surface area contributed by atoms with Crippen molar-refractivity contribution in [1.82, 2.24) is 19.8 Å². The van der Waals surface area contributed by atoms with Crippen LogP contribution in [0, 0.1) is 0 Å². The van der Waals surface area contributed by atoms with E-state index in [0.29, 0.717) is 11.4 Å². The lowest BCUT2D eigenvalue weighted by atomic mass is 9.87. The molecule has 1 aliphatic carbocycles. The minimum atomic E-state index is -5.62. The number of alkyl halides is 3. The maximum Gasteiger partial charge on any atom is 0.511 e. The molecule has 0 bridgehead atoms. The van der Waals surface area contributed by atoms with E-state index in [1.165, 1.54) is 6.08 Å². The molecule has 0 aromatic carbocycles. The first-order chi connectivity index (χ1) is 17.5. The van der Waals surface area contributed by atoms with Crippen molar-refractivity contribution < 1.29 is 31.1 Å². The molecular weight excluding hydrogens is 533 g/mol. The van der Waals surface area contributed by atoms with Gasteiger partial charge in [-0.1, -0.05) is 37.2 Å². The number of rotatable bonds is 11. The van der Waals surface area contributed by atoms with E-state index in [2.05, 4.69) is 39.2 Å². The highest BCUT2D eigenvalue weighted by molar-refractivity contribution is 7.90. The van der Waals surface area contributed by atoms with E-state index in [1.807, 2.05) is 0 Å². The quantitative estimate of drug-likeness (QED) is 0.241. The van der Waals surface area contributed by atoms with Crippen LogP contribution in [-0.2, 0) is 21.3 Å². The molecule has 10 nitrogen and oxygen atoms in total. The van der Waals surface area contributed by atoms with Gasteiger partial charge in [-0.25, -0.2) is 13.2 Å². The maximum atomic E-state index is 13.2. The molecule has 3 unspecified atom stereocenters. The van der Waals surface area contributed by atoms with Crippen molar-refractivity contribution in [2.45, 2.75) is 83.1 Å². The van der Waals surface area contributed by atoms with Crippen LogP contribution >= 0.6 is 11.3 Å². The first-order valence-corrected chi connectivity index (χ1v) is 14.4. The second kappa shape index (κ2) is 12.4. The van der Waals surface area contributed by atoms with Gasteiger partial charge in [0.2, 0.25) is 5.01 Å². The Morgan fingerprint density at radius 2 is 2.03 bits per heavy atom. The van der Waals surface area contributed by atoms with Crippen LogP contribution in [0.2, 0.25) is 0 Å². The number of piperidine rings is 1. The fourth-order valence-corrected chi connectivity index (χ4v) is 5.49. The summed E-state index contributed by atoms with van der Waals surface area (Å²) < 4.78 is 70.1. The molecule has 1 aliphatic heterocycles. The van der Waals surface area contributed by atoms with E-state index in [0.717, 1.165) is 54.8 Å². The summed E-state index contributed by atoms with van der Waals surface area (Å²) in [5.41, 5.74) is -3.82. The summed E-state index contributed by atoms with van der Waals surface area (Å²) in [5, 5.41) is 16.2. The molecule has 0 radical (unpaired) electrons. The highest BCUT2D eigenvalue weighted by Crippen LogP contribution is 2.36. The number of hydrogen-bond donors (Lipinski definition) is 1. The number of unbranched alkanes of at least 4 members (excludes halogenated alkanes) is 2. The number of azo groups is 1. The van der Waals surface area contributed by atoms with Gasteiger partial charge >= 0.3 is 21.5 Å². The summed E-state index contributed by atoms with van der Waals surface area (Å²) in [7, 11) is -5.62. The Labute approximate surface area is 218 Å². The number of halogens is 3. The third-order valence-corrected chi connectivity index (χ3v) is 8.10. The van der Waals surface area contributed by atoms with Gasteiger partial charge in [0.15, 0.2) is 0 Å². The lowest BCUT2D eigenvalue weighted by Gasteiger charge is -2.42. The summed E-state index contributed by atoms with van der Waals surface area (Å²) >= 11 is 0.965. The van der Waals surface area contributed by atoms with Gasteiger partial charge in [-0.2, -0.15) is 28.1 Å². The van der Waals surface area contributed by atoms with Gasteiger partial charge in [0.25, 0.3) is 0 Å². The Morgan fingerprint density at radius 1 is 1.27 bits per heavy atom. The van der Waals surface area contributed by atoms with Crippen LogP contribution in [0.1, 0.15) is 67.7 Å². The summed E-state index contributed by atoms with van der Waals surface area (Å²) in [6.45, 7) is 6.63. The number of hydrogen-bond acceptors (Lipinski definition) is 10. The van der Waals surface area contributed by atoms with Gasteiger partial charge in [-0.05, 0) is 44.8 Å². The van der Waals surface area contributed by atoms with Crippen molar-refractivity contribution in [3.63, 3.8) is 0 Å². The summed E-state index contributed by atoms with van der Waals surface area (Å²) in [4.78, 5) is 13.9. The number of ether oxygens (including phenoxy) is 1. The maximum absolute atomic E-state index is 13.2. The number of carbonyl (C=O) groups is 1. The number of nitrogens with one attached hydrogen (secondary N) is 1. The van der Waals surface area contributed by atoms with Crippen LogP contribution < -0.4 is 4.72 Å². The molecule has 0 spiro atoms. The van der Waals surface area contributed by atoms with Gasteiger partial charge in [0, 0.05) is 18.3 Å². The van der Waals surface area contributed by atoms with E-state index in [9.17, 15) is 26.4 Å². The van der Waals surface area contributed by atoms with E-state index in [-0.39, 0.29) is 24.2 Å². The fraction of sp³-hybridized carbons (Fsp3) is 0.682. The van der Waals surface area contributed by atoms with Crippen molar-refractivity contribution in [1.29, 1.82) is 0 Å². The normalized spacial score (nSPS) is 22.5. The fourth-order valence-electron chi connectivity index (χ4n) is 4.14. The predicted octanol–water partition coefficient (Wildman–Crippen LogP) is 4.34. The topological polar surface area (TPSA) is 126 Å². The van der Waals surface area contributed by atoms with Gasteiger partial charge in [-0.15, -0.1) is 10.2 Å². The Bertz CT molecular complexity index is 1150. The zero-order chi connectivity index (χ0) is 27.2. The van der Waals surface area contributed by atoms with E-state index in [4.69, 9.17) is 4.74 Å². The molecule has 1 fully saturated rings. The number of sulfonamides is 1. The molecule has 1 saturated heterocycles. The lowest BCUT2D eigenvalue weighted by Crippen LogP contribution is -2.49. The minimum absolute atomic E-state index is 0.0507. The predicted molar refractivity (Wildman–Crippen MR) is 131 cm³/mol. The largest absolute Gasteiger partial charge is 0.511 e. The highest BCUT2D eigenvalue weighted by atomic mass is 32.2. The summed E-state index contributed by atoms with van der Waals surface area (Å²) in [6.07, 6.45) is 7.72. The van der Waals surface area contributed by atoms with Crippen LogP contribution in [-0.4, -0.2) is 66.3 Å². The van der Waals surface area contributed by atoms with Crippen LogP contribution in [0.15, 0.2) is 33.7 Å². The highest BCUT2D eigenvalue weighted by Gasteiger charge is 2.48. The number of nitrogens with zero attached hydrogens (tertiary/aromatic N) is 5. The Hall–Kier alpha value is -2.39. The number of esters is 1. The third kappa shape index (κ3) is 7.35. The monoisotopic (exact) mass is 564 g/mol. The average molecular weight is 565 g/mol. The van der Waals surface area contributed by atoms with Gasteiger partial charge < -0.3 is 9.64 Å². The zero-order valence-electron chi connectivity index (χ0n) is 20.9. The van der Waals surface area contributed by atoms with Crippen LogP contribution in [0.5, 0.6) is 0 Å². The van der Waals surface area contributed by atoms with E-state index in [1.54, 1.807) is 17.7 Å². The Morgan fingerprint density at radius 3 is 2.70 bits per heavy atom. The molecule has 15 heteroatoms. The van der Waals surface area contributed by atoms with Crippen LogP contribution in [0.3, 0.4) is 0 Å². The molecular formula is C22H31F3N6O4S2. The van der Waals surface area contributed by atoms with Crippen LogP contribution in [0.25, 0.3) is 0 Å². The first kappa shape index (κ1) is 29.2. The average Bonchev–Trinajstić information content (AvgIpc) is 3.29. The second-order valence-electron chi connectivity index (χ2n) is 8.75. The molecule has 1 aromatic rings. The molecule has 0 amide bonds. The number of carbonyl (C=O) groups excluding carboxylic acids is 1. The number of likely N-dealkylation sites (tertiary alicyclic amines) is 1. The zero-order valence-corrected chi connectivity index (χ0v) is 22.5. The smallest absolute Gasteiger partial charge is 0.461 e. The lowest BCUT2D eigenvalue weighted by molar-refractivity contribution is -0.0450. The van der Waals surface area contributed by atoms with Crippen molar-refractivity contribution in [2.24, 2.45) is 10.2 Å². The summed E-state index contributed by atoms with van der Waals surface area (Å²) in [6, 6.07) is -2.10. The number of aromatic nitrogens is 2. The van der Waals surface area contributed by atoms with E-state index < -0.39 is 33.6 Å². The minimum Gasteiger partial charge on any atom is -0.461 e. The first-order valence-electron chi connectivity index (χ1n) is 12.1. The van der Waals surface area contributed by atoms with Crippen molar-refractivity contribution in [3.8, 4) is 0 Å². The van der Waals surface area contributed by atoms with Gasteiger partial charge in [0.05, 0.1) is 12.6 Å². The van der Waals surface area contributed by atoms with Gasteiger partial charge in [0.1, 0.15) is 17.6 Å². The SMILES string of the molecule is CCCCCN1C2=CC(NS(=O)(=O)C(F)(F)F)C(N=NCc3nnc(C(=O)OCC)s3)C=C2CCC1C. The molecule has 3 rings (SSSR count). The molecule has 206 valence electrons. The van der Waals surface area contributed by atoms with Crippen LogP contribution in [0.4, 0.5) is 13.2 Å².